The highest BCUT2D eigenvalue weighted by Gasteiger charge is 2.19. The van der Waals surface area contributed by atoms with Gasteiger partial charge in [0.15, 0.2) is 6.73 Å². The first-order chi connectivity index (χ1) is 14.3. The third-order valence-electron chi connectivity index (χ3n) is 4.49. The number of para-hydroxylation sites is 1. The van der Waals surface area contributed by atoms with Gasteiger partial charge in [0.25, 0.3) is 0 Å². The Morgan fingerprint density at radius 1 is 0.900 bits per heavy atom. The molecule has 3 rings (SSSR count). The highest BCUT2D eigenvalue weighted by atomic mass is 16.5. The van der Waals surface area contributed by atoms with Crippen molar-refractivity contribution >= 4 is 11.7 Å². The minimum absolute atomic E-state index is 0.0484. The second-order valence-electron chi connectivity index (χ2n) is 8.11. The molecule has 2 amide bonds. The molecule has 0 heterocycles. The van der Waals surface area contributed by atoms with Gasteiger partial charge in [-0.2, -0.15) is 0 Å². The Labute approximate surface area is 178 Å². The standard InChI is InChI=1S/C25H28N2O3/c1-18-10-15-23(22(16-18)25(2,3)4)29-17-26-24(28)27-19-11-13-21(14-12-19)30-20-8-6-5-7-9-20/h5-16H,17H2,1-4H3,(H2,26,27,28). The van der Waals surface area contributed by atoms with Gasteiger partial charge < -0.3 is 20.1 Å². The number of anilines is 1. The summed E-state index contributed by atoms with van der Waals surface area (Å²) in [4.78, 5) is 12.2. The molecule has 156 valence electrons. The molecular weight excluding hydrogens is 376 g/mol. The number of aryl methyl sites for hydroxylation is 1. The number of carbonyl (C=O) groups excluding carboxylic acids is 1. The zero-order chi connectivity index (χ0) is 21.6. The van der Waals surface area contributed by atoms with E-state index in [0.717, 1.165) is 17.1 Å². The molecule has 30 heavy (non-hydrogen) atoms. The second kappa shape index (κ2) is 9.35. The normalized spacial score (nSPS) is 10.9. The monoisotopic (exact) mass is 404 g/mol. The number of nitrogens with one attached hydrogen (secondary N) is 2. The van der Waals surface area contributed by atoms with E-state index in [-0.39, 0.29) is 18.2 Å². The first-order valence-corrected chi connectivity index (χ1v) is 9.93. The molecule has 0 atom stereocenters. The van der Waals surface area contributed by atoms with Crippen LogP contribution in [0, 0.1) is 6.92 Å². The first kappa shape index (κ1) is 21.2. The summed E-state index contributed by atoms with van der Waals surface area (Å²) in [6, 6.07) is 22.5. The maximum Gasteiger partial charge on any atom is 0.321 e. The second-order valence-corrected chi connectivity index (χ2v) is 8.11. The van der Waals surface area contributed by atoms with Crippen LogP contribution in [0.1, 0.15) is 31.9 Å². The van der Waals surface area contributed by atoms with Crippen LogP contribution in [0.3, 0.4) is 0 Å². The third-order valence-corrected chi connectivity index (χ3v) is 4.49. The van der Waals surface area contributed by atoms with Gasteiger partial charge in [0.2, 0.25) is 0 Å². The van der Waals surface area contributed by atoms with Gasteiger partial charge in [-0.05, 0) is 60.4 Å². The maximum atomic E-state index is 12.2. The molecule has 0 aliphatic carbocycles. The lowest BCUT2D eigenvalue weighted by Crippen LogP contribution is -2.32. The summed E-state index contributed by atoms with van der Waals surface area (Å²) in [7, 11) is 0. The summed E-state index contributed by atoms with van der Waals surface area (Å²) in [5, 5.41) is 5.51. The van der Waals surface area contributed by atoms with Crippen LogP contribution in [-0.4, -0.2) is 12.8 Å². The molecule has 0 unspecified atom stereocenters. The van der Waals surface area contributed by atoms with Crippen molar-refractivity contribution in [1.29, 1.82) is 0 Å². The molecule has 0 aliphatic heterocycles. The number of rotatable bonds is 6. The van der Waals surface area contributed by atoms with E-state index < -0.39 is 0 Å². The smallest absolute Gasteiger partial charge is 0.321 e. The minimum Gasteiger partial charge on any atom is -0.473 e. The summed E-state index contributed by atoms with van der Waals surface area (Å²) in [5.41, 5.74) is 2.91. The molecule has 0 radical (unpaired) electrons. The molecule has 3 aromatic carbocycles. The van der Waals surface area contributed by atoms with E-state index in [1.807, 2.05) is 42.5 Å². The van der Waals surface area contributed by atoms with Gasteiger partial charge in [-0.25, -0.2) is 4.79 Å². The fourth-order valence-corrected chi connectivity index (χ4v) is 2.94. The molecule has 5 heteroatoms. The van der Waals surface area contributed by atoms with Gasteiger partial charge in [-0.15, -0.1) is 0 Å². The van der Waals surface area contributed by atoms with E-state index in [2.05, 4.69) is 44.4 Å². The van der Waals surface area contributed by atoms with Crippen molar-refractivity contribution in [2.45, 2.75) is 33.1 Å². The largest absolute Gasteiger partial charge is 0.473 e. The molecule has 3 aromatic rings. The van der Waals surface area contributed by atoms with Crippen LogP contribution in [0.4, 0.5) is 10.5 Å². The van der Waals surface area contributed by atoms with Crippen molar-refractivity contribution in [3.05, 3.63) is 83.9 Å². The summed E-state index contributed by atoms with van der Waals surface area (Å²) in [5.74, 6) is 2.24. The average molecular weight is 405 g/mol. The summed E-state index contributed by atoms with van der Waals surface area (Å²) in [6.45, 7) is 8.55. The molecule has 0 fully saturated rings. The van der Waals surface area contributed by atoms with E-state index in [4.69, 9.17) is 9.47 Å². The zero-order valence-corrected chi connectivity index (χ0v) is 17.9. The molecule has 2 N–H and O–H groups in total. The van der Waals surface area contributed by atoms with E-state index in [9.17, 15) is 4.79 Å². The Bertz CT molecular complexity index is 978. The van der Waals surface area contributed by atoms with Gasteiger partial charge in [-0.3, -0.25) is 0 Å². The molecule has 0 spiro atoms. The lowest BCUT2D eigenvalue weighted by atomic mass is 9.85. The Hall–Kier alpha value is -3.47. The predicted molar refractivity (Wildman–Crippen MR) is 120 cm³/mol. The number of carbonyl (C=O) groups is 1. The zero-order valence-electron chi connectivity index (χ0n) is 17.9. The van der Waals surface area contributed by atoms with Crippen LogP contribution in [-0.2, 0) is 5.41 Å². The summed E-state index contributed by atoms with van der Waals surface area (Å²) < 4.78 is 11.6. The summed E-state index contributed by atoms with van der Waals surface area (Å²) >= 11 is 0. The van der Waals surface area contributed by atoms with Gasteiger partial charge in [0.05, 0.1) is 0 Å². The van der Waals surface area contributed by atoms with Crippen molar-refractivity contribution in [2.24, 2.45) is 0 Å². The fraction of sp³-hybridized carbons (Fsp3) is 0.240. The van der Waals surface area contributed by atoms with Crippen molar-refractivity contribution in [1.82, 2.24) is 5.32 Å². The Balaban J connectivity index is 1.51. The number of hydrogen-bond donors (Lipinski definition) is 2. The predicted octanol–water partition coefficient (Wildman–Crippen LogP) is 6.24. The fourth-order valence-electron chi connectivity index (χ4n) is 2.94. The lowest BCUT2D eigenvalue weighted by Gasteiger charge is -2.23. The average Bonchev–Trinajstić information content (AvgIpc) is 2.70. The number of ether oxygens (including phenoxy) is 2. The van der Waals surface area contributed by atoms with Crippen molar-refractivity contribution in [3.8, 4) is 17.2 Å². The number of amides is 2. The maximum absolute atomic E-state index is 12.2. The highest BCUT2D eigenvalue weighted by molar-refractivity contribution is 5.89. The first-order valence-electron chi connectivity index (χ1n) is 9.93. The molecule has 0 saturated carbocycles. The topological polar surface area (TPSA) is 59.6 Å². The Kier molecular flexibility index (Phi) is 6.62. The van der Waals surface area contributed by atoms with Crippen LogP contribution in [0.2, 0.25) is 0 Å². The number of hydrogen-bond acceptors (Lipinski definition) is 3. The van der Waals surface area contributed by atoms with E-state index in [1.54, 1.807) is 24.3 Å². The minimum atomic E-state index is -0.337. The molecule has 0 saturated heterocycles. The van der Waals surface area contributed by atoms with Gasteiger partial charge in [0.1, 0.15) is 17.2 Å². The Morgan fingerprint density at radius 3 is 2.23 bits per heavy atom. The van der Waals surface area contributed by atoms with E-state index >= 15 is 0 Å². The van der Waals surface area contributed by atoms with E-state index in [0.29, 0.717) is 11.4 Å². The molecule has 0 bridgehead atoms. The van der Waals surface area contributed by atoms with Crippen molar-refractivity contribution in [3.63, 3.8) is 0 Å². The third kappa shape index (κ3) is 6.01. The molecule has 5 nitrogen and oxygen atoms in total. The van der Waals surface area contributed by atoms with Crippen LogP contribution >= 0.6 is 0 Å². The lowest BCUT2D eigenvalue weighted by molar-refractivity contribution is 0.233. The molecule has 0 aromatic heterocycles. The van der Waals surface area contributed by atoms with E-state index in [1.165, 1.54) is 5.56 Å². The van der Waals surface area contributed by atoms with Crippen LogP contribution in [0.15, 0.2) is 72.8 Å². The molecular formula is C25H28N2O3. The number of benzene rings is 3. The van der Waals surface area contributed by atoms with Crippen molar-refractivity contribution in [2.75, 3.05) is 12.0 Å². The van der Waals surface area contributed by atoms with Gasteiger partial charge >= 0.3 is 6.03 Å². The Morgan fingerprint density at radius 2 is 1.57 bits per heavy atom. The molecule has 0 aliphatic rings. The van der Waals surface area contributed by atoms with Crippen LogP contribution in [0.5, 0.6) is 17.2 Å². The van der Waals surface area contributed by atoms with Crippen molar-refractivity contribution < 1.29 is 14.3 Å². The van der Waals surface area contributed by atoms with Crippen LogP contribution in [0.25, 0.3) is 0 Å². The number of urea groups is 1. The summed E-state index contributed by atoms with van der Waals surface area (Å²) in [6.07, 6.45) is 0. The van der Waals surface area contributed by atoms with Gasteiger partial charge in [0, 0.05) is 5.69 Å². The quantitative estimate of drug-likeness (QED) is 0.478. The van der Waals surface area contributed by atoms with Gasteiger partial charge in [-0.1, -0.05) is 56.7 Å². The van der Waals surface area contributed by atoms with Crippen LogP contribution < -0.4 is 20.1 Å². The highest BCUT2D eigenvalue weighted by Crippen LogP contribution is 2.32. The SMILES string of the molecule is Cc1ccc(OCNC(=O)Nc2ccc(Oc3ccccc3)cc2)c(C(C)(C)C)c1.